The minimum atomic E-state index is 0.829. The molecule has 0 fully saturated rings. The summed E-state index contributed by atoms with van der Waals surface area (Å²) in [6, 6.07) is 60.9. The van der Waals surface area contributed by atoms with E-state index in [0.29, 0.717) is 0 Å². The van der Waals surface area contributed by atoms with Crippen LogP contribution in [0.4, 0.5) is 0 Å². The Morgan fingerprint density at radius 3 is 1.80 bits per heavy atom. The summed E-state index contributed by atoms with van der Waals surface area (Å²) in [5.74, 6) is 0.829. The van der Waals surface area contributed by atoms with Crippen LogP contribution >= 0.6 is 0 Å². The van der Waals surface area contributed by atoms with Gasteiger partial charge in [0.15, 0.2) is 0 Å². The second kappa shape index (κ2) is 10.4. The monoisotopic (exact) mass is 636 g/mol. The molecule has 3 aromatic heterocycles. The van der Waals surface area contributed by atoms with E-state index in [2.05, 4.69) is 173 Å². The molecule has 0 spiro atoms. The number of imidazole rings is 1. The van der Waals surface area contributed by atoms with E-state index < -0.39 is 0 Å². The van der Waals surface area contributed by atoms with Crippen molar-refractivity contribution in [2.75, 3.05) is 0 Å². The summed E-state index contributed by atoms with van der Waals surface area (Å²) in [5, 5.41) is 8.41. The van der Waals surface area contributed by atoms with E-state index in [4.69, 9.17) is 9.97 Å². The minimum Gasteiger partial charge on any atom is -0.279 e. The molecule has 0 saturated heterocycles. The Bertz CT molecular complexity index is 3150. The van der Waals surface area contributed by atoms with Gasteiger partial charge in [-0.15, -0.1) is 0 Å². The Balaban J connectivity index is 1.16. The van der Waals surface area contributed by atoms with Crippen molar-refractivity contribution >= 4 is 70.9 Å². The van der Waals surface area contributed by atoms with Crippen LogP contribution in [-0.4, -0.2) is 18.9 Å². The van der Waals surface area contributed by atoms with Crippen LogP contribution in [-0.2, 0) is 0 Å². The van der Waals surface area contributed by atoms with Gasteiger partial charge in [-0.2, -0.15) is 0 Å². The molecular weight excluding hydrogens is 609 g/mol. The van der Waals surface area contributed by atoms with E-state index in [1.807, 2.05) is 6.07 Å². The van der Waals surface area contributed by atoms with Crippen LogP contribution in [0.2, 0.25) is 0 Å². The topological polar surface area (TPSA) is 35.1 Å². The maximum atomic E-state index is 5.37. The third-order valence-corrected chi connectivity index (χ3v) is 10.3. The second-order valence-corrected chi connectivity index (χ2v) is 13.1. The molecule has 0 atom stereocenters. The molecule has 0 aliphatic carbocycles. The van der Waals surface area contributed by atoms with E-state index in [1.54, 1.807) is 0 Å². The van der Waals surface area contributed by atoms with E-state index >= 15 is 0 Å². The third-order valence-electron chi connectivity index (χ3n) is 10.3. The lowest BCUT2D eigenvalue weighted by molar-refractivity contribution is 0.980. The fourth-order valence-corrected chi connectivity index (χ4v) is 7.89. The summed E-state index contributed by atoms with van der Waals surface area (Å²) in [4.78, 5) is 10.5. The van der Waals surface area contributed by atoms with Crippen LogP contribution < -0.4 is 0 Å². The maximum Gasteiger partial charge on any atom is 0.221 e. The van der Waals surface area contributed by atoms with Crippen molar-refractivity contribution in [3.05, 3.63) is 170 Å². The normalized spacial score (nSPS) is 12.0. The molecule has 0 bridgehead atoms. The van der Waals surface area contributed by atoms with E-state index in [-0.39, 0.29) is 0 Å². The summed E-state index contributed by atoms with van der Waals surface area (Å²) in [5.41, 5.74) is 10.8. The highest BCUT2D eigenvalue weighted by Gasteiger charge is 2.21. The highest BCUT2D eigenvalue weighted by Crippen LogP contribution is 2.40. The van der Waals surface area contributed by atoms with Gasteiger partial charge in [0.1, 0.15) is 5.65 Å². The first-order valence-corrected chi connectivity index (χ1v) is 17.0. The molecular formula is C46H28N4. The minimum absolute atomic E-state index is 0.829. The van der Waals surface area contributed by atoms with Crippen molar-refractivity contribution in [1.82, 2.24) is 18.9 Å². The fourth-order valence-electron chi connectivity index (χ4n) is 7.89. The smallest absolute Gasteiger partial charge is 0.221 e. The summed E-state index contributed by atoms with van der Waals surface area (Å²) in [6.45, 7) is 0. The van der Waals surface area contributed by atoms with Gasteiger partial charge >= 0.3 is 0 Å². The largest absolute Gasteiger partial charge is 0.279 e. The van der Waals surface area contributed by atoms with Gasteiger partial charge in [0, 0.05) is 16.2 Å². The number of hydrogen-bond acceptors (Lipinski definition) is 2. The number of benzene rings is 8. The van der Waals surface area contributed by atoms with Gasteiger partial charge in [-0.1, -0.05) is 121 Å². The SMILES string of the molecule is c1ccc2cc(-c3ccc(-c4ccc5c(c4)c4c6ccccc6ccc4n5-c4nc5ccccc5c5nc6ccccc6n45)cc3)ccc2c1. The number of hydrogen-bond donors (Lipinski definition) is 0. The lowest BCUT2D eigenvalue weighted by atomic mass is 9.97. The van der Waals surface area contributed by atoms with Crippen LogP contribution in [0.1, 0.15) is 0 Å². The van der Waals surface area contributed by atoms with Gasteiger partial charge in [-0.05, 0) is 92.3 Å². The van der Waals surface area contributed by atoms with Crippen LogP contribution in [0, 0.1) is 0 Å². The van der Waals surface area contributed by atoms with Crippen LogP contribution in [0.15, 0.2) is 170 Å². The molecule has 11 aromatic rings. The van der Waals surface area contributed by atoms with Gasteiger partial charge in [-0.3, -0.25) is 8.97 Å². The summed E-state index contributed by atoms with van der Waals surface area (Å²) < 4.78 is 4.56. The number of nitrogens with zero attached hydrogens (tertiary/aromatic N) is 4. The highest BCUT2D eigenvalue weighted by molar-refractivity contribution is 6.22. The Hall–Kier alpha value is -6.78. The lowest BCUT2D eigenvalue weighted by Gasteiger charge is -2.13. The van der Waals surface area contributed by atoms with Crippen molar-refractivity contribution in [2.45, 2.75) is 0 Å². The molecule has 0 N–H and O–H groups in total. The summed E-state index contributed by atoms with van der Waals surface area (Å²) in [6.07, 6.45) is 0. The average Bonchev–Trinajstić information content (AvgIpc) is 3.74. The molecule has 11 rings (SSSR count). The molecule has 3 heterocycles. The van der Waals surface area contributed by atoms with Crippen molar-refractivity contribution in [2.24, 2.45) is 0 Å². The molecule has 0 amide bonds. The van der Waals surface area contributed by atoms with Gasteiger partial charge in [0.05, 0.1) is 27.6 Å². The maximum absolute atomic E-state index is 5.37. The van der Waals surface area contributed by atoms with Crippen LogP contribution in [0.25, 0.3) is 99.1 Å². The Morgan fingerprint density at radius 1 is 0.360 bits per heavy atom. The molecule has 0 aliphatic heterocycles. The van der Waals surface area contributed by atoms with Crippen molar-refractivity contribution < 1.29 is 0 Å². The molecule has 0 radical (unpaired) electrons. The van der Waals surface area contributed by atoms with Crippen molar-refractivity contribution in [1.29, 1.82) is 0 Å². The Morgan fingerprint density at radius 2 is 0.960 bits per heavy atom. The molecule has 232 valence electrons. The first kappa shape index (κ1) is 27.2. The molecule has 0 unspecified atom stereocenters. The molecule has 4 heteroatoms. The Kier molecular flexibility index (Phi) is 5.63. The molecule has 0 aliphatic rings. The first-order chi connectivity index (χ1) is 24.8. The lowest BCUT2D eigenvalue weighted by Crippen LogP contribution is -2.06. The molecule has 50 heavy (non-hydrogen) atoms. The number of aromatic nitrogens is 4. The Labute approximate surface area is 287 Å². The van der Waals surface area contributed by atoms with Crippen molar-refractivity contribution in [3.8, 4) is 28.2 Å². The third kappa shape index (κ3) is 3.93. The molecule has 0 saturated carbocycles. The zero-order valence-electron chi connectivity index (χ0n) is 27.0. The highest BCUT2D eigenvalue weighted by atomic mass is 15.2. The zero-order chi connectivity index (χ0) is 32.8. The van der Waals surface area contributed by atoms with Gasteiger partial charge < -0.3 is 0 Å². The first-order valence-electron chi connectivity index (χ1n) is 17.0. The summed E-state index contributed by atoms with van der Waals surface area (Å²) >= 11 is 0. The van der Waals surface area contributed by atoms with E-state index in [0.717, 1.165) is 44.6 Å². The van der Waals surface area contributed by atoms with Crippen LogP contribution in [0.5, 0.6) is 0 Å². The average molecular weight is 637 g/mol. The predicted octanol–water partition coefficient (Wildman–Crippen LogP) is 11.8. The zero-order valence-corrected chi connectivity index (χ0v) is 27.0. The van der Waals surface area contributed by atoms with Gasteiger partial charge in [0.25, 0.3) is 0 Å². The van der Waals surface area contributed by atoms with Gasteiger partial charge in [-0.25, -0.2) is 9.97 Å². The fraction of sp³-hybridized carbons (Fsp3) is 0. The standard InChI is InChI=1S/C46H28N4/c1-2-11-33-27-34(22-21-29(33)9-1)30-17-19-31(20-18-30)35-24-25-41-38(28-35)44-36-12-4-3-10-32(36)23-26-43(44)49(41)46-48-39-14-6-5-13-37(39)45-47-40-15-7-8-16-42(40)50(45)46/h1-28H. The molecule has 8 aromatic carbocycles. The predicted molar refractivity (Wildman–Crippen MR) is 208 cm³/mol. The quantitative estimate of drug-likeness (QED) is 0.193. The van der Waals surface area contributed by atoms with Gasteiger partial charge in [0.2, 0.25) is 5.95 Å². The van der Waals surface area contributed by atoms with E-state index in [9.17, 15) is 0 Å². The molecule has 4 nitrogen and oxygen atoms in total. The van der Waals surface area contributed by atoms with Crippen LogP contribution in [0.3, 0.4) is 0 Å². The van der Waals surface area contributed by atoms with Crippen molar-refractivity contribution in [3.63, 3.8) is 0 Å². The number of rotatable bonds is 3. The summed E-state index contributed by atoms with van der Waals surface area (Å²) in [7, 11) is 0. The number of fused-ring (bicyclic) bond motifs is 11. The number of para-hydroxylation sites is 3. The van der Waals surface area contributed by atoms with E-state index in [1.165, 1.54) is 54.6 Å². The second-order valence-electron chi connectivity index (χ2n) is 13.1.